The lowest BCUT2D eigenvalue weighted by molar-refractivity contribution is 1.02. The van der Waals surface area contributed by atoms with Gasteiger partial charge in [0, 0.05) is 16.2 Å². The lowest BCUT2D eigenvalue weighted by Crippen LogP contribution is -2.21. The Balaban J connectivity index is 1.49. The van der Waals surface area contributed by atoms with Crippen molar-refractivity contribution in [2.24, 2.45) is 0 Å². The highest BCUT2D eigenvalue weighted by Crippen LogP contribution is 2.37. The second-order valence-electron chi connectivity index (χ2n) is 11.2. The molecule has 0 N–H and O–H groups in total. The number of hydrogen-bond donors (Lipinski definition) is 0. The van der Waals surface area contributed by atoms with Crippen LogP contribution in [0.5, 0.6) is 0 Å². The molecule has 9 aromatic rings. The number of pyridine rings is 2. The zero-order chi connectivity index (χ0) is 29.2. The number of nitrogens with zero attached hydrogens (tertiary/aromatic N) is 3. The summed E-state index contributed by atoms with van der Waals surface area (Å²) in [5.41, 5.74) is 8.63. The van der Waals surface area contributed by atoms with Gasteiger partial charge in [0.15, 0.2) is 0 Å². The summed E-state index contributed by atoms with van der Waals surface area (Å²) in [5.74, 6) is 0. The second kappa shape index (κ2) is 9.51. The molecule has 0 amide bonds. The summed E-state index contributed by atoms with van der Waals surface area (Å²) in [7, 11) is 0. The molecule has 3 heterocycles. The Morgan fingerprint density at radius 2 is 1.05 bits per heavy atom. The average molecular weight is 564 g/mol. The van der Waals surface area contributed by atoms with Gasteiger partial charge in [-0.3, -0.25) is 13.8 Å². The van der Waals surface area contributed by atoms with Gasteiger partial charge in [0.05, 0.1) is 16.7 Å². The Kier molecular flexibility index (Phi) is 5.32. The normalized spacial score (nSPS) is 11.7. The van der Waals surface area contributed by atoms with Crippen molar-refractivity contribution in [2.45, 2.75) is 0 Å². The maximum absolute atomic E-state index is 14.6. The van der Waals surface area contributed by atoms with Crippen LogP contribution < -0.4 is 5.56 Å². The number of rotatable bonds is 3. The quantitative estimate of drug-likeness (QED) is 0.201. The standard InChI is InChI=1S/C40H25N3O/c44-40-34-21-10-8-19-32(34)37-31-18-7-9-20-33(31)38-41-35-25-29(27-14-5-2-6-15-27)22-23-36(35)43(38)39(37)42(40)30-17-11-16-28(24-30)26-12-3-1-4-13-26/h1-25H. The molecule has 0 radical (unpaired) electrons. The fraction of sp³-hybridized carbons (Fsp3) is 0. The number of benzene rings is 6. The Labute approximate surface area is 252 Å². The van der Waals surface area contributed by atoms with Crippen LogP contribution in [-0.2, 0) is 0 Å². The lowest BCUT2D eigenvalue weighted by Gasteiger charge is -2.18. The minimum Gasteiger partial charge on any atom is -0.277 e. The molecule has 0 saturated heterocycles. The van der Waals surface area contributed by atoms with Crippen molar-refractivity contribution in [3.63, 3.8) is 0 Å². The predicted molar refractivity (Wildman–Crippen MR) is 182 cm³/mol. The van der Waals surface area contributed by atoms with Crippen molar-refractivity contribution in [1.82, 2.24) is 14.0 Å². The summed E-state index contributed by atoms with van der Waals surface area (Å²) in [6, 6.07) is 51.7. The van der Waals surface area contributed by atoms with Crippen molar-refractivity contribution in [1.29, 1.82) is 0 Å². The summed E-state index contributed by atoms with van der Waals surface area (Å²) >= 11 is 0. The molecule has 0 unspecified atom stereocenters. The highest BCUT2D eigenvalue weighted by molar-refractivity contribution is 6.22. The topological polar surface area (TPSA) is 39.3 Å². The molecule has 9 rings (SSSR count). The van der Waals surface area contributed by atoms with Gasteiger partial charge in [-0.15, -0.1) is 0 Å². The highest BCUT2D eigenvalue weighted by Gasteiger charge is 2.21. The molecule has 0 saturated carbocycles. The molecule has 0 aliphatic carbocycles. The fourth-order valence-corrected chi connectivity index (χ4v) is 6.69. The SMILES string of the molecule is O=c1c2ccccc2c2c3ccccc3c3nc4cc(-c5ccccc5)ccc4n3c2n1-c1cccc(-c2ccccc2)c1. The zero-order valence-electron chi connectivity index (χ0n) is 23.7. The van der Waals surface area contributed by atoms with E-state index in [-0.39, 0.29) is 5.56 Å². The molecule has 0 spiro atoms. The number of fused-ring (bicyclic) bond motifs is 10. The molecular weight excluding hydrogens is 538 g/mol. The Hall–Kier alpha value is -6.00. The van der Waals surface area contributed by atoms with E-state index >= 15 is 0 Å². The third-order valence-corrected chi connectivity index (χ3v) is 8.69. The largest absolute Gasteiger partial charge is 0.277 e. The van der Waals surface area contributed by atoms with Crippen LogP contribution in [0.25, 0.3) is 77.2 Å². The van der Waals surface area contributed by atoms with Crippen LogP contribution in [0.4, 0.5) is 0 Å². The van der Waals surface area contributed by atoms with E-state index in [1.165, 1.54) is 0 Å². The van der Waals surface area contributed by atoms with Crippen molar-refractivity contribution in [3.05, 3.63) is 162 Å². The molecule has 4 nitrogen and oxygen atoms in total. The van der Waals surface area contributed by atoms with Gasteiger partial charge in [0.2, 0.25) is 0 Å². The third-order valence-electron chi connectivity index (χ3n) is 8.69. The Bertz CT molecular complexity index is 2620. The molecule has 0 aliphatic heterocycles. The van der Waals surface area contributed by atoms with Crippen molar-refractivity contribution in [2.75, 3.05) is 0 Å². The highest BCUT2D eigenvalue weighted by atomic mass is 16.1. The minimum absolute atomic E-state index is 0.0577. The average Bonchev–Trinajstić information content (AvgIpc) is 3.48. The van der Waals surface area contributed by atoms with E-state index in [2.05, 4.69) is 101 Å². The first-order valence-corrected chi connectivity index (χ1v) is 14.8. The number of imidazole rings is 1. The summed E-state index contributed by atoms with van der Waals surface area (Å²) in [5, 5.41) is 4.76. The van der Waals surface area contributed by atoms with Gasteiger partial charge in [-0.05, 0) is 63.4 Å². The molecule has 0 fully saturated rings. The van der Waals surface area contributed by atoms with Gasteiger partial charge in [0.1, 0.15) is 11.3 Å². The first-order chi connectivity index (χ1) is 21.8. The van der Waals surface area contributed by atoms with Gasteiger partial charge < -0.3 is 0 Å². The van der Waals surface area contributed by atoms with E-state index in [4.69, 9.17) is 4.98 Å². The van der Waals surface area contributed by atoms with E-state index in [1.807, 2.05) is 59.2 Å². The summed E-state index contributed by atoms with van der Waals surface area (Å²) < 4.78 is 4.07. The molecule has 0 aliphatic rings. The van der Waals surface area contributed by atoms with E-state index in [9.17, 15) is 4.79 Å². The van der Waals surface area contributed by atoms with E-state index in [0.29, 0.717) is 5.39 Å². The van der Waals surface area contributed by atoms with Gasteiger partial charge in [0.25, 0.3) is 5.56 Å². The van der Waals surface area contributed by atoms with Crippen LogP contribution >= 0.6 is 0 Å². The lowest BCUT2D eigenvalue weighted by atomic mass is 10.0. The maximum atomic E-state index is 14.6. The monoisotopic (exact) mass is 563 g/mol. The van der Waals surface area contributed by atoms with Crippen molar-refractivity contribution in [3.8, 4) is 27.9 Å². The van der Waals surface area contributed by atoms with E-state index in [1.54, 1.807) is 0 Å². The van der Waals surface area contributed by atoms with Gasteiger partial charge >= 0.3 is 0 Å². The van der Waals surface area contributed by atoms with Crippen molar-refractivity contribution >= 4 is 49.3 Å². The minimum atomic E-state index is -0.0577. The van der Waals surface area contributed by atoms with Crippen LogP contribution in [-0.4, -0.2) is 14.0 Å². The van der Waals surface area contributed by atoms with E-state index < -0.39 is 0 Å². The summed E-state index contributed by atoms with van der Waals surface area (Å²) in [6.45, 7) is 0. The van der Waals surface area contributed by atoms with E-state index in [0.717, 1.165) is 71.8 Å². The third kappa shape index (κ3) is 3.58. The number of hydrogen-bond acceptors (Lipinski definition) is 2. The molecular formula is C40H25N3O. The zero-order valence-corrected chi connectivity index (χ0v) is 23.7. The first-order valence-electron chi connectivity index (χ1n) is 14.8. The summed E-state index contributed by atoms with van der Waals surface area (Å²) in [4.78, 5) is 19.8. The molecule has 3 aromatic heterocycles. The first kappa shape index (κ1) is 24.6. The Morgan fingerprint density at radius 3 is 1.75 bits per heavy atom. The molecule has 0 atom stereocenters. The van der Waals surface area contributed by atoms with Crippen molar-refractivity contribution < 1.29 is 0 Å². The molecule has 44 heavy (non-hydrogen) atoms. The predicted octanol–water partition coefficient (Wildman–Crippen LogP) is 9.43. The van der Waals surface area contributed by atoms with Crippen LogP contribution in [0, 0.1) is 0 Å². The molecule has 206 valence electrons. The van der Waals surface area contributed by atoms with Gasteiger partial charge in [-0.2, -0.15) is 0 Å². The summed E-state index contributed by atoms with van der Waals surface area (Å²) in [6.07, 6.45) is 0. The fourth-order valence-electron chi connectivity index (χ4n) is 6.69. The van der Waals surface area contributed by atoms with Crippen LogP contribution in [0.15, 0.2) is 156 Å². The number of aromatic nitrogens is 3. The second-order valence-corrected chi connectivity index (χ2v) is 11.2. The van der Waals surface area contributed by atoms with Crippen LogP contribution in [0.2, 0.25) is 0 Å². The smallest absolute Gasteiger partial charge is 0.264 e. The molecule has 6 aromatic carbocycles. The Morgan fingerprint density at radius 1 is 0.477 bits per heavy atom. The van der Waals surface area contributed by atoms with Gasteiger partial charge in [-0.25, -0.2) is 4.98 Å². The molecule has 4 heteroatoms. The van der Waals surface area contributed by atoms with Gasteiger partial charge in [-0.1, -0.05) is 121 Å². The van der Waals surface area contributed by atoms with Crippen LogP contribution in [0.1, 0.15) is 0 Å². The molecule has 0 bridgehead atoms. The van der Waals surface area contributed by atoms with Crippen LogP contribution in [0.3, 0.4) is 0 Å². The maximum Gasteiger partial charge on any atom is 0.264 e.